The van der Waals surface area contributed by atoms with Gasteiger partial charge in [-0.05, 0) is 55.3 Å². The van der Waals surface area contributed by atoms with Crippen molar-refractivity contribution in [3.05, 3.63) is 22.3 Å². The molecule has 0 spiro atoms. The van der Waals surface area contributed by atoms with Crippen LogP contribution < -0.4 is 10.6 Å². The van der Waals surface area contributed by atoms with Gasteiger partial charge < -0.3 is 10.6 Å². The molecule has 18 heavy (non-hydrogen) atoms. The van der Waals surface area contributed by atoms with E-state index < -0.39 is 0 Å². The number of carbonyl (C=O) groups excluding carboxylic acids is 1. The van der Waals surface area contributed by atoms with Crippen LogP contribution in [0.5, 0.6) is 0 Å². The van der Waals surface area contributed by atoms with E-state index in [9.17, 15) is 4.79 Å². The van der Waals surface area contributed by atoms with Crippen molar-refractivity contribution in [2.24, 2.45) is 0 Å². The summed E-state index contributed by atoms with van der Waals surface area (Å²) in [6.07, 6.45) is 2.13. The lowest BCUT2D eigenvalue weighted by atomic mass is 10.1. The van der Waals surface area contributed by atoms with Gasteiger partial charge in [0.15, 0.2) is 0 Å². The van der Waals surface area contributed by atoms with Gasteiger partial charge in [-0.25, -0.2) is 4.98 Å². The van der Waals surface area contributed by atoms with Crippen LogP contribution in [0.25, 0.3) is 0 Å². The number of aromatic nitrogens is 1. The number of carbonyl (C=O) groups is 1. The van der Waals surface area contributed by atoms with Crippen LogP contribution in [0, 0.1) is 6.92 Å². The van der Waals surface area contributed by atoms with Crippen LogP contribution in [0.1, 0.15) is 32.8 Å². The van der Waals surface area contributed by atoms with Crippen LogP contribution in [0.3, 0.4) is 0 Å². The number of nitrogens with one attached hydrogen (secondary N) is 2. The van der Waals surface area contributed by atoms with Gasteiger partial charge in [0, 0.05) is 29.2 Å². The van der Waals surface area contributed by atoms with E-state index in [4.69, 9.17) is 0 Å². The van der Waals surface area contributed by atoms with Crippen LogP contribution in [0.2, 0.25) is 0 Å². The van der Waals surface area contributed by atoms with Gasteiger partial charge in [-0.1, -0.05) is 0 Å². The summed E-state index contributed by atoms with van der Waals surface area (Å²) in [5.41, 5.74) is 1.08. The summed E-state index contributed by atoms with van der Waals surface area (Å²) in [5, 5.41) is 6.06. The maximum atomic E-state index is 11.7. The van der Waals surface area contributed by atoms with Crippen molar-refractivity contribution < 1.29 is 4.79 Å². The topological polar surface area (TPSA) is 54.0 Å². The van der Waals surface area contributed by atoms with Crippen LogP contribution in [-0.4, -0.2) is 23.0 Å². The average molecular weight is 314 g/mol. The Hall–Kier alpha value is -0.940. The standard InChI is InChI=1S/C13H20BrN3O/c1-9-7-11(15-8-10(9)14)17-12(18)5-6-16-13(2,3)4/h7-8,16H,5-6H2,1-4H3,(H,15,17,18). The first kappa shape index (κ1) is 15.1. The van der Waals surface area contributed by atoms with Gasteiger partial charge in [0.1, 0.15) is 5.82 Å². The van der Waals surface area contributed by atoms with E-state index in [0.717, 1.165) is 10.0 Å². The van der Waals surface area contributed by atoms with Crippen LogP contribution in [0.15, 0.2) is 16.7 Å². The molecule has 4 nitrogen and oxygen atoms in total. The molecular formula is C13H20BrN3O. The fraction of sp³-hybridized carbons (Fsp3) is 0.538. The van der Waals surface area contributed by atoms with Crippen LogP contribution >= 0.6 is 15.9 Å². The predicted molar refractivity (Wildman–Crippen MR) is 77.7 cm³/mol. The van der Waals surface area contributed by atoms with E-state index in [2.05, 4.69) is 52.3 Å². The maximum absolute atomic E-state index is 11.7. The smallest absolute Gasteiger partial charge is 0.226 e. The van der Waals surface area contributed by atoms with E-state index in [1.807, 2.05) is 13.0 Å². The highest BCUT2D eigenvalue weighted by molar-refractivity contribution is 9.10. The van der Waals surface area contributed by atoms with Gasteiger partial charge in [0.25, 0.3) is 0 Å². The second-order valence-electron chi connectivity index (χ2n) is 5.29. The second-order valence-corrected chi connectivity index (χ2v) is 6.15. The Labute approximate surface area is 117 Å². The fourth-order valence-electron chi connectivity index (χ4n) is 1.36. The molecule has 2 N–H and O–H groups in total. The Kier molecular flexibility index (Phi) is 5.28. The summed E-state index contributed by atoms with van der Waals surface area (Å²) in [7, 11) is 0. The molecule has 1 amide bonds. The Morgan fingerprint density at radius 2 is 2.11 bits per heavy atom. The SMILES string of the molecule is Cc1cc(NC(=O)CCNC(C)(C)C)ncc1Br. The molecule has 0 atom stereocenters. The molecule has 0 aliphatic carbocycles. The first-order valence-corrected chi connectivity index (χ1v) is 6.74. The third-order valence-electron chi connectivity index (χ3n) is 2.32. The van der Waals surface area contributed by atoms with Gasteiger partial charge in [-0.3, -0.25) is 4.79 Å². The molecule has 1 rings (SSSR count). The van der Waals surface area contributed by atoms with Crippen molar-refractivity contribution >= 4 is 27.7 Å². The highest BCUT2D eigenvalue weighted by atomic mass is 79.9. The monoisotopic (exact) mass is 313 g/mol. The van der Waals surface area contributed by atoms with E-state index in [1.54, 1.807) is 6.20 Å². The van der Waals surface area contributed by atoms with Crippen LogP contribution in [-0.2, 0) is 4.79 Å². The molecule has 0 aromatic carbocycles. The van der Waals surface area contributed by atoms with E-state index >= 15 is 0 Å². The van der Waals surface area contributed by atoms with Crippen molar-refractivity contribution in [3.8, 4) is 0 Å². The number of rotatable bonds is 4. The molecule has 100 valence electrons. The largest absolute Gasteiger partial charge is 0.312 e. The first-order chi connectivity index (χ1) is 8.28. The summed E-state index contributed by atoms with van der Waals surface area (Å²) >= 11 is 3.37. The van der Waals surface area contributed by atoms with Crippen molar-refractivity contribution in [3.63, 3.8) is 0 Å². The summed E-state index contributed by atoms with van der Waals surface area (Å²) in [6.45, 7) is 8.84. The second kappa shape index (κ2) is 6.29. The average Bonchev–Trinajstić information content (AvgIpc) is 2.21. The van der Waals surface area contributed by atoms with E-state index in [-0.39, 0.29) is 11.4 Å². The number of anilines is 1. The van der Waals surface area contributed by atoms with Crippen molar-refractivity contribution in [2.45, 2.75) is 39.7 Å². The van der Waals surface area contributed by atoms with Gasteiger partial charge in [-0.2, -0.15) is 0 Å². The minimum Gasteiger partial charge on any atom is -0.312 e. The van der Waals surface area contributed by atoms with Gasteiger partial charge >= 0.3 is 0 Å². The molecule has 0 saturated heterocycles. The molecule has 0 aliphatic rings. The summed E-state index contributed by atoms with van der Waals surface area (Å²) in [5.74, 6) is 0.567. The molecular weight excluding hydrogens is 294 g/mol. The van der Waals surface area contributed by atoms with Gasteiger partial charge in [0.05, 0.1) is 0 Å². The number of hydrogen-bond acceptors (Lipinski definition) is 3. The molecule has 0 radical (unpaired) electrons. The normalized spacial score (nSPS) is 11.4. The Bertz CT molecular complexity index is 427. The molecule has 1 heterocycles. The van der Waals surface area contributed by atoms with Crippen LogP contribution in [0.4, 0.5) is 5.82 Å². The minimum atomic E-state index is -0.0269. The maximum Gasteiger partial charge on any atom is 0.226 e. The van der Waals surface area contributed by atoms with Crippen molar-refractivity contribution in [1.82, 2.24) is 10.3 Å². The third-order valence-corrected chi connectivity index (χ3v) is 3.15. The third kappa shape index (κ3) is 5.60. The number of pyridine rings is 1. The minimum absolute atomic E-state index is 0.0269. The number of amides is 1. The zero-order chi connectivity index (χ0) is 13.8. The molecule has 0 aliphatic heterocycles. The molecule has 1 aromatic heterocycles. The predicted octanol–water partition coefficient (Wildman–Crippen LogP) is 2.87. The quantitative estimate of drug-likeness (QED) is 0.898. The lowest BCUT2D eigenvalue weighted by Gasteiger charge is -2.20. The number of halogens is 1. The molecule has 5 heteroatoms. The van der Waals surface area contributed by atoms with E-state index in [0.29, 0.717) is 18.8 Å². The molecule has 0 fully saturated rings. The first-order valence-electron chi connectivity index (χ1n) is 5.95. The number of hydrogen-bond donors (Lipinski definition) is 2. The molecule has 0 unspecified atom stereocenters. The lowest BCUT2D eigenvalue weighted by Crippen LogP contribution is -2.37. The Balaban J connectivity index is 2.42. The van der Waals surface area contributed by atoms with Crippen molar-refractivity contribution in [1.29, 1.82) is 0 Å². The number of nitrogens with zero attached hydrogens (tertiary/aromatic N) is 1. The zero-order valence-corrected chi connectivity index (χ0v) is 12.9. The summed E-state index contributed by atoms with van der Waals surface area (Å²) in [4.78, 5) is 15.8. The van der Waals surface area contributed by atoms with Gasteiger partial charge in [0.2, 0.25) is 5.91 Å². The highest BCUT2D eigenvalue weighted by Gasteiger charge is 2.10. The summed E-state index contributed by atoms with van der Waals surface area (Å²) in [6, 6.07) is 1.85. The Morgan fingerprint density at radius 1 is 1.44 bits per heavy atom. The van der Waals surface area contributed by atoms with Gasteiger partial charge in [-0.15, -0.1) is 0 Å². The lowest BCUT2D eigenvalue weighted by molar-refractivity contribution is -0.116. The van der Waals surface area contributed by atoms with E-state index in [1.165, 1.54) is 0 Å². The molecule has 0 bridgehead atoms. The highest BCUT2D eigenvalue weighted by Crippen LogP contribution is 2.17. The number of aryl methyl sites for hydroxylation is 1. The fourth-order valence-corrected chi connectivity index (χ4v) is 1.58. The summed E-state index contributed by atoms with van der Waals surface area (Å²) < 4.78 is 0.940. The molecule has 1 aromatic rings. The zero-order valence-electron chi connectivity index (χ0n) is 11.3. The van der Waals surface area contributed by atoms with Crippen molar-refractivity contribution in [2.75, 3.05) is 11.9 Å². The molecule has 0 saturated carbocycles. The Morgan fingerprint density at radius 3 is 2.67 bits per heavy atom.